The molecule has 2 aromatic carbocycles. The first-order chi connectivity index (χ1) is 20.2. The Bertz CT molecular complexity index is 1390. The Hall–Kier alpha value is -2.87. The highest BCUT2D eigenvalue weighted by atomic mass is 32.2. The minimum atomic E-state index is -3.78. The molecular weight excluding hydrogens is 558 g/mol. The molecule has 4 fully saturated rings. The second kappa shape index (κ2) is 11.9. The molecule has 1 unspecified atom stereocenters. The minimum Gasteiger partial charge on any atom is -0.350 e. The maximum atomic E-state index is 14.1. The van der Waals surface area contributed by atoms with Gasteiger partial charge in [0, 0.05) is 12.1 Å². The molecule has 0 aliphatic heterocycles. The minimum absolute atomic E-state index is 0.206. The highest BCUT2D eigenvalue weighted by molar-refractivity contribution is 7.92. The van der Waals surface area contributed by atoms with E-state index in [0.717, 1.165) is 35.1 Å². The molecule has 7 nitrogen and oxygen atoms in total. The lowest BCUT2D eigenvalue weighted by Gasteiger charge is -2.57. The molecule has 43 heavy (non-hydrogen) atoms. The first-order valence-corrected chi connectivity index (χ1v) is 17.8. The Balaban J connectivity index is 1.41. The second-order valence-electron chi connectivity index (χ2n) is 14.7. The van der Waals surface area contributed by atoms with Gasteiger partial charge in [-0.05, 0) is 119 Å². The predicted molar refractivity (Wildman–Crippen MR) is 172 cm³/mol. The van der Waals surface area contributed by atoms with Crippen LogP contribution in [-0.2, 0) is 31.6 Å². The van der Waals surface area contributed by atoms with Gasteiger partial charge in [0.2, 0.25) is 21.8 Å². The zero-order valence-corrected chi connectivity index (χ0v) is 27.5. The van der Waals surface area contributed by atoms with E-state index in [9.17, 15) is 18.0 Å². The Morgan fingerprint density at radius 1 is 0.930 bits per heavy atom. The van der Waals surface area contributed by atoms with Crippen LogP contribution in [0, 0.1) is 24.7 Å². The molecule has 0 spiro atoms. The molecular formula is C35H49N3O4S. The van der Waals surface area contributed by atoms with E-state index >= 15 is 0 Å². The first-order valence-electron chi connectivity index (χ1n) is 15.9. The highest BCUT2D eigenvalue weighted by Gasteiger charge is 2.51. The van der Waals surface area contributed by atoms with Gasteiger partial charge in [0.1, 0.15) is 12.6 Å². The zero-order chi connectivity index (χ0) is 31.2. The zero-order valence-electron chi connectivity index (χ0n) is 26.7. The number of nitrogens with zero attached hydrogens (tertiary/aromatic N) is 2. The molecule has 0 aromatic heterocycles. The van der Waals surface area contributed by atoms with Crippen LogP contribution in [0.5, 0.6) is 0 Å². The van der Waals surface area contributed by atoms with Crippen LogP contribution in [0.25, 0.3) is 0 Å². The van der Waals surface area contributed by atoms with Crippen molar-refractivity contribution in [1.82, 2.24) is 10.2 Å². The average Bonchev–Trinajstić information content (AvgIpc) is 2.90. The van der Waals surface area contributed by atoms with Gasteiger partial charge in [0.05, 0.1) is 11.9 Å². The molecule has 0 radical (unpaired) electrons. The van der Waals surface area contributed by atoms with Gasteiger partial charge in [-0.25, -0.2) is 8.42 Å². The van der Waals surface area contributed by atoms with E-state index in [-0.39, 0.29) is 24.4 Å². The molecule has 4 saturated carbocycles. The fourth-order valence-corrected chi connectivity index (χ4v) is 9.17. The van der Waals surface area contributed by atoms with Gasteiger partial charge in [0.15, 0.2) is 0 Å². The number of carbonyl (C=O) groups excluding carboxylic acids is 2. The fraction of sp³-hybridized carbons (Fsp3) is 0.600. The summed E-state index contributed by atoms with van der Waals surface area (Å²) in [6, 6.07) is 15.0. The number of aryl methyl sites for hydroxylation is 1. The van der Waals surface area contributed by atoms with Gasteiger partial charge >= 0.3 is 0 Å². The molecule has 234 valence electrons. The lowest BCUT2D eigenvalue weighted by molar-refractivity contribution is -0.141. The number of benzene rings is 2. The van der Waals surface area contributed by atoms with Crippen molar-refractivity contribution >= 4 is 27.5 Å². The van der Waals surface area contributed by atoms with Crippen molar-refractivity contribution < 1.29 is 18.0 Å². The molecule has 2 amide bonds. The summed E-state index contributed by atoms with van der Waals surface area (Å²) in [6.07, 6.45) is 9.34. The van der Waals surface area contributed by atoms with Crippen molar-refractivity contribution in [3.8, 4) is 0 Å². The number of nitrogens with one attached hydrogen (secondary N) is 1. The van der Waals surface area contributed by atoms with Crippen LogP contribution < -0.4 is 9.62 Å². The van der Waals surface area contributed by atoms with Crippen LogP contribution in [0.2, 0.25) is 0 Å². The number of anilines is 1. The van der Waals surface area contributed by atoms with Crippen LogP contribution in [0.1, 0.15) is 89.3 Å². The van der Waals surface area contributed by atoms with E-state index in [0.29, 0.717) is 12.1 Å². The Labute approximate surface area is 258 Å². The topological polar surface area (TPSA) is 86.8 Å². The van der Waals surface area contributed by atoms with E-state index in [2.05, 4.69) is 17.4 Å². The monoisotopic (exact) mass is 607 g/mol. The third-order valence-corrected chi connectivity index (χ3v) is 11.0. The van der Waals surface area contributed by atoms with Gasteiger partial charge in [-0.1, -0.05) is 48.9 Å². The molecule has 1 N–H and O–H groups in total. The van der Waals surface area contributed by atoms with E-state index in [4.69, 9.17) is 0 Å². The Morgan fingerprint density at radius 3 is 1.93 bits per heavy atom. The normalized spacial score (nSPS) is 25.3. The van der Waals surface area contributed by atoms with Gasteiger partial charge < -0.3 is 10.2 Å². The number of hydrogen-bond acceptors (Lipinski definition) is 4. The second-order valence-corrected chi connectivity index (χ2v) is 16.6. The summed E-state index contributed by atoms with van der Waals surface area (Å²) in [5.74, 6) is 1.79. The largest absolute Gasteiger partial charge is 0.350 e. The molecule has 4 aliphatic rings. The van der Waals surface area contributed by atoms with Crippen LogP contribution in [0.4, 0.5) is 5.69 Å². The molecule has 0 saturated heterocycles. The number of rotatable bonds is 10. The van der Waals surface area contributed by atoms with Crippen molar-refractivity contribution in [2.24, 2.45) is 17.8 Å². The van der Waals surface area contributed by atoms with Gasteiger partial charge in [-0.3, -0.25) is 13.9 Å². The number of sulfonamides is 1. The summed E-state index contributed by atoms with van der Waals surface area (Å²) in [5, 5.41) is 3.01. The Morgan fingerprint density at radius 2 is 1.47 bits per heavy atom. The first kappa shape index (κ1) is 31.6. The average molecular weight is 608 g/mol. The smallest absolute Gasteiger partial charge is 0.244 e. The molecule has 0 heterocycles. The van der Waals surface area contributed by atoms with E-state index in [1.165, 1.54) is 53.3 Å². The molecule has 8 heteroatoms. The highest BCUT2D eigenvalue weighted by Crippen LogP contribution is 2.60. The predicted octanol–water partition coefficient (Wildman–Crippen LogP) is 5.95. The van der Waals surface area contributed by atoms with Crippen LogP contribution >= 0.6 is 0 Å². The molecule has 6 rings (SSSR count). The van der Waals surface area contributed by atoms with E-state index in [1.807, 2.05) is 71.0 Å². The molecule has 2 aromatic rings. The standard InChI is InChI=1S/C35H49N3O4S/c1-7-31(33(40)36-34(3,4)5)37(22-25-10-8-24(2)9-11-25)32(39)23-38(43(6,41)42)30-14-12-29(13-15-30)35-19-26-16-27(20-35)18-28(17-26)21-35/h8-15,26-28,31H,7,16-23H2,1-6H3,(H,36,40). The molecule has 4 bridgehead atoms. The number of carbonyl (C=O) groups is 2. The lowest BCUT2D eigenvalue weighted by Crippen LogP contribution is -2.55. The van der Waals surface area contributed by atoms with Crippen molar-refractivity contribution in [3.05, 3.63) is 65.2 Å². The number of amides is 2. The molecule has 4 aliphatic carbocycles. The molecule has 1 atom stereocenters. The summed E-state index contributed by atoms with van der Waals surface area (Å²) in [4.78, 5) is 29.0. The quantitative estimate of drug-likeness (QED) is 0.362. The van der Waals surface area contributed by atoms with Gasteiger partial charge in [-0.2, -0.15) is 0 Å². The maximum absolute atomic E-state index is 14.1. The Kier molecular flexibility index (Phi) is 8.73. The van der Waals surface area contributed by atoms with Crippen molar-refractivity contribution in [3.63, 3.8) is 0 Å². The van der Waals surface area contributed by atoms with Crippen molar-refractivity contribution in [1.29, 1.82) is 0 Å². The summed E-state index contributed by atoms with van der Waals surface area (Å²) in [6.45, 7) is 9.42. The lowest BCUT2D eigenvalue weighted by atomic mass is 9.48. The van der Waals surface area contributed by atoms with Gasteiger partial charge in [-0.15, -0.1) is 0 Å². The summed E-state index contributed by atoms with van der Waals surface area (Å²) in [5.41, 5.74) is 3.50. The maximum Gasteiger partial charge on any atom is 0.244 e. The van der Waals surface area contributed by atoms with Gasteiger partial charge in [0.25, 0.3) is 0 Å². The van der Waals surface area contributed by atoms with Crippen LogP contribution in [0.3, 0.4) is 0 Å². The van der Waals surface area contributed by atoms with E-state index in [1.54, 1.807) is 0 Å². The summed E-state index contributed by atoms with van der Waals surface area (Å²) >= 11 is 0. The van der Waals surface area contributed by atoms with Crippen LogP contribution in [-0.4, -0.2) is 49.5 Å². The van der Waals surface area contributed by atoms with Crippen molar-refractivity contribution in [2.75, 3.05) is 17.1 Å². The third kappa shape index (κ3) is 7.11. The number of hydrogen-bond donors (Lipinski definition) is 1. The fourth-order valence-electron chi connectivity index (χ4n) is 8.32. The van der Waals surface area contributed by atoms with Crippen LogP contribution in [0.15, 0.2) is 48.5 Å². The summed E-state index contributed by atoms with van der Waals surface area (Å²) < 4.78 is 27.4. The summed E-state index contributed by atoms with van der Waals surface area (Å²) in [7, 11) is -3.78. The SMILES string of the molecule is CCC(C(=O)NC(C)(C)C)N(Cc1ccc(C)cc1)C(=O)CN(c1ccc(C23CC4CC(CC(C4)C2)C3)cc1)S(C)(=O)=O. The third-order valence-electron chi connectivity index (χ3n) is 9.84. The van der Waals surface area contributed by atoms with Crippen molar-refractivity contribution in [2.45, 2.75) is 103 Å². The van der Waals surface area contributed by atoms with E-state index < -0.39 is 27.5 Å².